The highest BCUT2D eigenvalue weighted by molar-refractivity contribution is 5.69. The van der Waals surface area contributed by atoms with Crippen molar-refractivity contribution in [2.24, 2.45) is 0 Å². The Balaban J connectivity index is 4.06. The third-order valence-electron chi connectivity index (χ3n) is 8.68. The largest absolute Gasteiger partial charge is 0.481 e. The van der Waals surface area contributed by atoms with Crippen LogP contribution in [0.2, 0.25) is 0 Å². The van der Waals surface area contributed by atoms with Gasteiger partial charge in [-0.1, -0.05) is 154 Å². The number of ether oxygens (including phenoxy) is 1. The summed E-state index contributed by atoms with van der Waals surface area (Å²) in [6, 6.07) is 0. The van der Waals surface area contributed by atoms with Crippen LogP contribution in [0.4, 0.5) is 0 Å². The minimum absolute atomic E-state index is 0.00929. The first-order valence-electron chi connectivity index (χ1n) is 19.3. The molecular formula is C40H74O4. The minimum atomic E-state index is -0.687. The highest BCUT2D eigenvalue weighted by atomic mass is 16.5. The second kappa shape index (κ2) is 35.9. The van der Waals surface area contributed by atoms with Gasteiger partial charge in [0, 0.05) is 12.8 Å². The van der Waals surface area contributed by atoms with Gasteiger partial charge in [-0.05, 0) is 70.6 Å². The molecular weight excluding hydrogens is 544 g/mol. The summed E-state index contributed by atoms with van der Waals surface area (Å²) in [7, 11) is 0. The monoisotopic (exact) mass is 619 g/mol. The van der Waals surface area contributed by atoms with Crippen molar-refractivity contribution in [1.82, 2.24) is 0 Å². The van der Waals surface area contributed by atoms with Gasteiger partial charge in [-0.25, -0.2) is 0 Å². The number of carboxylic acid groups (broad SMARTS) is 1. The first-order chi connectivity index (χ1) is 21.6. The van der Waals surface area contributed by atoms with Gasteiger partial charge in [-0.3, -0.25) is 9.59 Å². The van der Waals surface area contributed by atoms with Crippen molar-refractivity contribution in [3.05, 3.63) is 24.3 Å². The molecule has 4 heteroatoms. The summed E-state index contributed by atoms with van der Waals surface area (Å²) in [4.78, 5) is 23.3. The average molecular weight is 619 g/mol. The van der Waals surface area contributed by atoms with Crippen molar-refractivity contribution in [3.63, 3.8) is 0 Å². The van der Waals surface area contributed by atoms with Crippen LogP contribution in [0, 0.1) is 0 Å². The molecule has 0 heterocycles. The molecule has 1 atom stereocenters. The Morgan fingerprint density at radius 3 is 1.39 bits per heavy atom. The van der Waals surface area contributed by atoms with Crippen LogP contribution in [0.3, 0.4) is 0 Å². The lowest BCUT2D eigenvalue weighted by Crippen LogP contribution is -2.18. The molecule has 0 aliphatic heterocycles. The van der Waals surface area contributed by atoms with Crippen molar-refractivity contribution >= 4 is 11.9 Å². The molecule has 0 aliphatic rings. The van der Waals surface area contributed by atoms with E-state index < -0.39 is 5.97 Å². The van der Waals surface area contributed by atoms with Crippen molar-refractivity contribution in [2.45, 2.75) is 219 Å². The predicted octanol–water partition coefficient (Wildman–Crippen LogP) is 13.2. The molecule has 0 aliphatic carbocycles. The van der Waals surface area contributed by atoms with Gasteiger partial charge in [-0.15, -0.1) is 0 Å². The third kappa shape index (κ3) is 34.9. The number of carbonyl (C=O) groups is 2. The topological polar surface area (TPSA) is 63.6 Å². The zero-order valence-corrected chi connectivity index (χ0v) is 29.5. The van der Waals surface area contributed by atoms with Crippen molar-refractivity contribution < 1.29 is 19.4 Å². The minimum Gasteiger partial charge on any atom is -0.481 e. The summed E-state index contributed by atoms with van der Waals surface area (Å²) in [5.74, 6) is -0.678. The lowest BCUT2D eigenvalue weighted by atomic mass is 10.0. The molecule has 1 N–H and O–H groups in total. The maximum Gasteiger partial charge on any atom is 0.306 e. The quantitative estimate of drug-likeness (QED) is 0.0436. The van der Waals surface area contributed by atoms with E-state index in [1.165, 1.54) is 122 Å². The normalized spacial score (nSPS) is 12.4. The Bertz CT molecular complexity index is 668. The number of hydrogen-bond acceptors (Lipinski definition) is 3. The van der Waals surface area contributed by atoms with E-state index in [4.69, 9.17) is 9.84 Å². The highest BCUT2D eigenvalue weighted by Crippen LogP contribution is 2.19. The van der Waals surface area contributed by atoms with Crippen molar-refractivity contribution in [1.29, 1.82) is 0 Å². The van der Waals surface area contributed by atoms with E-state index >= 15 is 0 Å². The van der Waals surface area contributed by atoms with Crippen LogP contribution in [-0.4, -0.2) is 23.1 Å². The number of carboxylic acids is 1. The number of esters is 1. The summed E-state index contributed by atoms with van der Waals surface area (Å²) in [5, 5.41) is 8.75. The molecule has 0 bridgehead atoms. The van der Waals surface area contributed by atoms with Gasteiger partial charge in [0.05, 0.1) is 0 Å². The Morgan fingerprint density at radius 2 is 0.886 bits per heavy atom. The van der Waals surface area contributed by atoms with E-state index in [0.29, 0.717) is 12.8 Å². The number of carbonyl (C=O) groups excluding carboxylic acids is 1. The molecule has 0 saturated heterocycles. The lowest BCUT2D eigenvalue weighted by Gasteiger charge is -2.18. The lowest BCUT2D eigenvalue weighted by molar-refractivity contribution is -0.150. The van der Waals surface area contributed by atoms with Gasteiger partial charge in [0.25, 0.3) is 0 Å². The molecule has 0 saturated carbocycles. The number of rotatable bonds is 35. The van der Waals surface area contributed by atoms with Gasteiger partial charge < -0.3 is 9.84 Å². The van der Waals surface area contributed by atoms with E-state index in [9.17, 15) is 9.59 Å². The third-order valence-corrected chi connectivity index (χ3v) is 8.68. The van der Waals surface area contributed by atoms with E-state index in [2.05, 4.69) is 38.2 Å². The molecule has 0 spiro atoms. The van der Waals surface area contributed by atoms with Crippen LogP contribution in [0.25, 0.3) is 0 Å². The zero-order chi connectivity index (χ0) is 32.2. The van der Waals surface area contributed by atoms with Gasteiger partial charge in [0.15, 0.2) is 0 Å². The maximum absolute atomic E-state index is 12.7. The number of aliphatic carboxylic acids is 1. The molecule has 0 aromatic rings. The van der Waals surface area contributed by atoms with Gasteiger partial charge in [0.1, 0.15) is 6.10 Å². The Kier molecular flexibility index (Phi) is 34.6. The molecule has 4 nitrogen and oxygen atoms in total. The standard InChI is InChI=1S/C40H74O4/c1-3-5-7-9-11-13-14-15-16-17-18-20-25-29-33-37-40(43)44-38(34-30-26-22-19-12-10-8-6-4-2)35-31-27-23-21-24-28-32-36-39(41)42/h11,13,15-16,38H,3-10,12,14,17-37H2,1-2H3,(H,41,42)/b13-11-,16-15-. The van der Waals surface area contributed by atoms with E-state index in [1.807, 2.05) is 0 Å². The van der Waals surface area contributed by atoms with E-state index in [1.54, 1.807) is 0 Å². The van der Waals surface area contributed by atoms with E-state index in [-0.39, 0.29) is 12.1 Å². The van der Waals surface area contributed by atoms with Crippen molar-refractivity contribution in [2.75, 3.05) is 0 Å². The smallest absolute Gasteiger partial charge is 0.306 e. The van der Waals surface area contributed by atoms with Crippen LogP contribution in [0.1, 0.15) is 213 Å². The van der Waals surface area contributed by atoms with Crippen LogP contribution in [0.15, 0.2) is 24.3 Å². The van der Waals surface area contributed by atoms with Crippen LogP contribution in [-0.2, 0) is 14.3 Å². The van der Waals surface area contributed by atoms with Crippen LogP contribution in [0.5, 0.6) is 0 Å². The summed E-state index contributed by atoms with van der Waals surface area (Å²) < 4.78 is 6.01. The Hall–Kier alpha value is -1.58. The number of unbranched alkanes of at least 4 members (excludes halogenated alkanes) is 22. The predicted molar refractivity (Wildman–Crippen MR) is 190 cm³/mol. The molecule has 0 aromatic carbocycles. The fraction of sp³-hybridized carbons (Fsp3) is 0.850. The van der Waals surface area contributed by atoms with E-state index in [0.717, 1.165) is 64.2 Å². The summed E-state index contributed by atoms with van der Waals surface area (Å²) in [6.07, 6.45) is 44.8. The van der Waals surface area contributed by atoms with Crippen LogP contribution >= 0.6 is 0 Å². The molecule has 0 radical (unpaired) electrons. The SMILES string of the molecule is CCCCC/C=C\C/C=C\CCCCCCCC(=O)OC(CCCCCCCCCCC)CCCCCCCCCC(=O)O. The Labute approximate surface area is 274 Å². The van der Waals surface area contributed by atoms with Crippen LogP contribution < -0.4 is 0 Å². The molecule has 0 fully saturated rings. The van der Waals surface area contributed by atoms with Gasteiger partial charge in [0.2, 0.25) is 0 Å². The molecule has 0 aromatic heterocycles. The summed E-state index contributed by atoms with van der Waals surface area (Å²) in [5.41, 5.74) is 0. The molecule has 258 valence electrons. The highest BCUT2D eigenvalue weighted by Gasteiger charge is 2.14. The molecule has 0 rings (SSSR count). The first kappa shape index (κ1) is 42.4. The fourth-order valence-corrected chi connectivity index (χ4v) is 5.80. The second-order valence-electron chi connectivity index (χ2n) is 13.1. The van der Waals surface area contributed by atoms with Gasteiger partial charge >= 0.3 is 11.9 Å². The average Bonchev–Trinajstić information content (AvgIpc) is 3.01. The summed E-state index contributed by atoms with van der Waals surface area (Å²) >= 11 is 0. The first-order valence-corrected chi connectivity index (χ1v) is 19.3. The molecule has 44 heavy (non-hydrogen) atoms. The summed E-state index contributed by atoms with van der Waals surface area (Å²) in [6.45, 7) is 4.52. The number of hydrogen-bond donors (Lipinski definition) is 1. The molecule has 0 amide bonds. The second-order valence-corrected chi connectivity index (χ2v) is 13.1. The molecule has 1 unspecified atom stereocenters. The number of allylic oxidation sites excluding steroid dienone is 4. The fourth-order valence-electron chi connectivity index (χ4n) is 5.80. The Morgan fingerprint density at radius 1 is 0.500 bits per heavy atom. The zero-order valence-electron chi connectivity index (χ0n) is 29.5. The maximum atomic E-state index is 12.7. The van der Waals surface area contributed by atoms with Gasteiger partial charge in [-0.2, -0.15) is 0 Å². The van der Waals surface area contributed by atoms with Crippen molar-refractivity contribution in [3.8, 4) is 0 Å².